The molecule has 0 aliphatic rings. The highest BCUT2D eigenvalue weighted by molar-refractivity contribution is 6.30. The summed E-state index contributed by atoms with van der Waals surface area (Å²) in [6.07, 6.45) is 2.81. The van der Waals surface area contributed by atoms with Gasteiger partial charge in [0.25, 0.3) is 0 Å². The maximum Gasteiger partial charge on any atom is 0.341 e. The van der Waals surface area contributed by atoms with Crippen LogP contribution in [0.1, 0.15) is 5.56 Å². The number of hydrogen-bond donors (Lipinski definition) is 0. The van der Waals surface area contributed by atoms with Crippen LogP contribution < -0.4 is 4.74 Å². The lowest BCUT2D eigenvalue weighted by Crippen LogP contribution is -2.06. The van der Waals surface area contributed by atoms with Crippen molar-refractivity contribution in [2.45, 2.75) is 0 Å². The molecule has 1 heterocycles. The Morgan fingerprint density at radius 2 is 1.82 bits per heavy atom. The first-order valence-electron chi connectivity index (χ1n) is 8.16. The minimum absolute atomic E-state index is 0.0292. The summed E-state index contributed by atoms with van der Waals surface area (Å²) in [6, 6.07) is 14.1. The number of benzene rings is 2. The summed E-state index contributed by atoms with van der Waals surface area (Å²) in [5, 5.41) is 8.47. The van der Waals surface area contributed by atoms with E-state index >= 15 is 0 Å². The van der Waals surface area contributed by atoms with Crippen molar-refractivity contribution in [1.82, 2.24) is 15.2 Å². The molecule has 0 radical (unpaired) electrons. The molecule has 8 heteroatoms. The van der Waals surface area contributed by atoms with Crippen LogP contribution in [0.5, 0.6) is 11.8 Å². The van der Waals surface area contributed by atoms with E-state index in [1.54, 1.807) is 36.4 Å². The van der Waals surface area contributed by atoms with Gasteiger partial charge < -0.3 is 14.2 Å². The molecule has 3 rings (SSSR count). The van der Waals surface area contributed by atoms with Crippen molar-refractivity contribution >= 4 is 23.1 Å². The predicted molar refractivity (Wildman–Crippen MR) is 104 cm³/mol. The molecule has 142 valence electrons. The third kappa shape index (κ3) is 4.44. The highest BCUT2D eigenvalue weighted by atomic mass is 35.5. The van der Waals surface area contributed by atoms with E-state index in [4.69, 9.17) is 25.8 Å². The number of carbonyl (C=O) groups excluding carboxylic acids is 1. The lowest BCUT2D eigenvalue weighted by atomic mass is 10.1. The lowest BCUT2D eigenvalue weighted by Gasteiger charge is -2.11. The van der Waals surface area contributed by atoms with Crippen LogP contribution in [0, 0.1) is 0 Å². The first kappa shape index (κ1) is 19.3. The smallest absolute Gasteiger partial charge is 0.341 e. The number of rotatable bonds is 6. The normalized spacial score (nSPS) is 11.0. The zero-order valence-corrected chi connectivity index (χ0v) is 15.9. The van der Waals surface area contributed by atoms with Gasteiger partial charge in [-0.2, -0.15) is 10.1 Å². The predicted octanol–water partition coefficient (Wildman–Crippen LogP) is 4.14. The highest BCUT2D eigenvalue weighted by Crippen LogP contribution is 2.30. The molecule has 0 bridgehead atoms. The molecule has 0 saturated heterocycles. The van der Waals surface area contributed by atoms with Gasteiger partial charge in [0.2, 0.25) is 0 Å². The van der Waals surface area contributed by atoms with E-state index in [0.29, 0.717) is 22.0 Å². The van der Waals surface area contributed by atoms with Crippen molar-refractivity contribution in [3.63, 3.8) is 0 Å². The molecular weight excluding hydrogens is 382 g/mol. The number of halogens is 1. The third-order valence-corrected chi connectivity index (χ3v) is 3.95. The van der Waals surface area contributed by atoms with Crippen LogP contribution in [-0.2, 0) is 14.3 Å². The number of para-hydroxylation sites is 1. The summed E-state index contributed by atoms with van der Waals surface area (Å²) in [5.74, 6) is -0.210. The molecule has 3 aromatic rings. The van der Waals surface area contributed by atoms with Crippen LogP contribution in [0.25, 0.3) is 16.8 Å². The minimum atomic E-state index is -0.563. The second-order valence-corrected chi connectivity index (χ2v) is 5.92. The summed E-state index contributed by atoms with van der Waals surface area (Å²) in [6.45, 7) is 0. The van der Waals surface area contributed by atoms with Gasteiger partial charge in [-0.3, -0.25) is 0 Å². The maximum atomic E-state index is 12.1. The van der Waals surface area contributed by atoms with Crippen LogP contribution in [0.4, 0.5) is 0 Å². The molecule has 0 N–H and O–H groups in total. The zero-order valence-electron chi connectivity index (χ0n) is 15.1. The second kappa shape index (κ2) is 8.96. The SMILES string of the molecule is CO/C=C(/C(=O)OC)c1ccccc1Oc1nncc(-c2ccc(Cl)cc2)n1. The van der Waals surface area contributed by atoms with Gasteiger partial charge in [0.1, 0.15) is 11.3 Å². The number of ether oxygens (including phenoxy) is 3. The number of nitrogens with zero attached hydrogens (tertiary/aromatic N) is 3. The third-order valence-electron chi connectivity index (χ3n) is 3.70. The fourth-order valence-corrected chi connectivity index (χ4v) is 2.54. The largest absolute Gasteiger partial charge is 0.503 e. The average Bonchev–Trinajstić information content (AvgIpc) is 2.73. The molecule has 1 aromatic heterocycles. The van der Waals surface area contributed by atoms with Crippen molar-refractivity contribution < 1.29 is 19.0 Å². The van der Waals surface area contributed by atoms with Crippen LogP contribution in [0.2, 0.25) is 5.02 Å². The maximum absolute atomic E-state index is 12.1. The Hall–Kier alpha value is -3.45. The van der Waals surface area contributed by atoms with Crippen molar-refractivity contribution in [3.8, 4) is 23.0 Å². The van der Waals surface area contributed by atoms with Gasteiger partial charge in [0.05, 0.1) is 32.4 Å². The van der Waals surface area contributed by atoms with Crippen molar-refractivity contribution in [2.24, 2.45) is 0 Å². The number of hydrogen-bond acceptors (Lipinski definition) is 7. The molecular formula is C20H16ClN3O4. The van der Waals surface area contributed by atoms with Gasteiger partial charge in [-0.15, -0.1) is 0 Å². The van der Waals surface area contributed by atoms with E-state index in [-0.39, 0.29) is 11.6 Å². The monoisotopic (exact) mass is 397 g/mol. The van der Waals surface area contributed by atoms with Gasteiger partial charge in [0, 0.05) is 16.1 Å². The van der Waals surface area contributed by atoms with Gasteiger partial charge in [-0.25, -0.2) is 4.79 Å². The quantitative estimate of drug-likeness (QED) is 0.351. The first-order valence-corrected chi connectivity index (χ1v) is 8.54. The van der Waals surface area contributed by atoms with Crippen LogP contribution in [0.3, 0.4) is 0 Å². The first-order chi connectivity index (χ1) is 13.6. The fourth-order valence-electron chi connectivity index (χ4n) is 2.42. The van der Waals surface area contributed by atoms with E-state index < -0.39 is 5.97 Å². The molecule has 0 unspecified atom stereocenters. The Balaban J connectivity index is 1.95. The summed E-state index contributed by atoms with van der Waals surface area (Å²) >= 11 is 5.92. The number of aromatic nitrogens is 3. The molecule has 0 aliphatic heterocycles. The molecule has 0 saturated carbocycles. The topological polar surface area (TPSA) is 83.4 Å². The Labute approximate surface area is 166 Å². The van der Waals surface area contributed by atoms with Crippen LogP contribution in [0.15, 0.2) is 61.0 Å². The number of methoxy groups -OCH3 is 2. The number of esters is 1. The van der Waals surface area contributed by atoms with Gasteiger partial charge in [-0.1, -0.05) is 47.0 Å². The molecule has 28 heavy (non-hydrogen) atoms. The van der Waals surface area contributed by atoms with Crippen molar-refractivity contribution in [2.75, 3.05) is 14.2 Å². The molecule has 2 aromatic carbocycles. The van der Waals surface area contributed by atoms with Crippen LogP contribution in [-0.4, -0.2) is 35.4 Å². The summed E-state index contributed by atoms with van der Waals surface area (Å²) in [7, 11) is 2.73. The van der Waals surface area contributed by atoms with E-state index in [0.717, 1.165) is 5.56 Å². The molecule has 7 nitrogen and oxygen atoms in total. The van der Waals surface area contributed by atoms with Gasteiger partial charge in [-0.05, 0) is 18.2 Å². The molecule has 0 aliphatic carbocycles. The Morgan fingerprint density at radius 1 is 1.07 bits per heavy atom. The summed E-state index contributed by atoms with van der Waals surface area (Å²) in [4.78, 5) is 16.5. The second-order valence-electron chi connectivity index (χ2n) is 5.49. The van der Waals surface area contributed by atoms with E-state index in [9.17, 15) is 4.79 Å². The van der Waals surface area contributed by atoms with E-state index in [1.807, 2.05) is 12.1 Å². The summed E-state index contributed by atoms with van der Waals surface area (Å²) < 4.78 is 15.6. The minimum Gasteiger partial charge on any atom is -0.503 e. The lowest BCUT2D eigenvalue weighted by molar-refractivity contribution is -0.133. The average molecular weight is 398 g/mol. The van der Waals surface area contributed by atoms with E-state index in [1.165, 1.54) is 26.7 Å². The Kier molecular flexibility index (Phi) is 6.18. The molecule has 0 atom stereocenters. The molecule has 0 amide bonds. The standard InChI is InChI=1S/C20H16ClN3O4/c1-26-12-16(19(25)27-2)15-5-3-4-6-18(15)28-20-23-17(11-22-24-20)13-7-9-14(21)10-8-13/h3-12H,1-2H3/b16-12+. The Bertz CT molecular complexity index is 1010. The van der Waals surface area contributed by atoms with Crippen LogP contribution >= 0.6 is 11.6 Å². The van der Waals surface area contributed by atoms with E-state index in [2.05, 4.69) is 15.2 Å². The van der Waals surface area contributed by atoms with Gasteiger partial charge >= 0.3 is 12.0 Å². The fraction of sp³-hybridized carbons (Fsp3) is 0.100. The zero-order chi connectivity index (χ0) is 19.9. The molecule has 0 spiro atoms. The number of carbonyl (C=O) groups is 1. The highest BCUT2D eigenvalue weighted by Gasteiger charge is 2.19. The Morgan fingerprint density at radius 3 is 2.54 bits per heavy atom. The molecule has 0 fully saturated rings. The van der Waals surface area contributed by atoms with Crippen molar-refractivity contribution in [1.29, 1.82) is 0 Å². The van der Waals surface area contributed by atoms with Gasteiger partial charge in [0.15, 0.2) is 0 Å². The summed E-state index contributed by atoms with van der Waals surface area (Å²) in [5.41, 5.74) is 2.05. The van der Waals surface area contributed by atoms with Crippen molar-refractivity contribution in [3.05, 3.63) is 71.6 Å².